The minimum atomic E-state index is -0.468. The maximum absolute atomic E-state index is 12.0. The molecule has 35 heavy (non-hydrogen) atoms. The van der Waals surface area contributed by atoms with Crippen LogP contribution in [0.3, 0.4) is 0 Å². The highest BCUT2D eigenvalue weighted by Gasteiger charge is 2.20. The number of carbonyl (C=O) groups excluding carboxylic acids is 5. The van der Waals surface area contributed by atoms with Crippen molar-refractivity contribution in [1.29, 1.82) is 0 Å². The zero-order valence-corrected chi connectivity index (χ0v) is 21.7. The van der Waals surface area contributed by atoms with Gasteiger partial charge in [-0.05, 0) is 34.6 Å². The molecule has 0 aliphatic heterocycles. The maximum atomic E-state index is 12.0. The molecule has 0 aromatic rings. The van der Waals surface area contributed by atoms with Crippen LogP contribution in [0.15, 0.2) is 0 Å². The SMILES string of the molecule is CCOC(=O)CN(CCN(CCN(CC(=O)OCC)CC(=O)OCC)CC(C)=O)CC(=O)OCC. The maximum Gasteiger partial charge on any atom is 0.320 e. The molecule has 12 heteroatoms. The number of rotatable bonds is 20. The second kappa shape index (κ2) is 19.7. The Morgan fingerprint density at radius 2 is 0.714 bits per heavy atom. The van der Waals surface area contributed by atoms with E-state index in [1.807, 2.05) is 4.90 Å². The molecule has 0 radical (unpaired) electrons. The summed E-state index contributed by atoms with van der Waals surface area (Å²) in [7, 11) is 0. The molecular weight excluding hydrogens is 462 g/mol. The van der Waals surface area contributed by atoms with Gasteiger partial charge in [0.2, 0.25) is 0 Å². The van der Waals surface area contributed by atoms with E-state index in [0.717, 1.165) is 0 Å². The lowest BCUT2D eigenvalue weighted by molar-refractivity contribution is -0.149. The van der Waals surface area contributed by atoms with E-state index in [9.17, 15) is 24.0 Å². The van der Waals surface area contributed by atoms with Gasteiger partial charge in [0.25, 0.3) is 0 Å². The summed E-state index contributed by atoms with van der Waals surface area (Å²) in [6, 6.07) is 0. The first-order chi connectivity index (χ1) is 16.6. The van der Waals surface area contributed by atoms with Gasteiger partial charge in [0.1, 0.15) is 5.78 Å². The first kappa shape index (κ1) is 32.4. The Labute approximate surface area is 207 Å². The van der Waals surface area contributed by atoms with Crippen molar-refractivity contribution in [2.24, 2.45) is 0 Å². The lowest BCUT2D eigenvalue weighted by atomic mass is 10.3. The molecule has 0 aromatic heterocycles. The Bertz CT molecular complexity index is 585. The lowest BCUT2D eigenvalue weighted by Crippen LogP contribution is -2.45. The highest BCUT2D eigenvalue weighted by molar-refractivity contribution is 5.77. The third kappa shape index (κ3) is 17.5. The van der Waals surface area contributed by atoms with Gasteiger partial charge in [-0.25, -0.2) is 0 Å². The summed E-state index contributed by atoms with van der Waals surface area (Å²) >= 11 is 0. The van der Waals surface area contributed by atoms with Crippen molar-refractivity contribution in [3.8, 4) is 0 Å². The van der Waals surface area contributed by atoms with Gasteiger partial charge in [0, 0.05) is 26.2 Å². The smallest absolute Gasteiger partial charge is 0.320 e. The molecule has 0 aliphatic carbocycles. The number of ketones is 1. The summed E-state index contributed by atoms with van der Waals surface area (Å²) in [6.07, 6.45) is 0. The molecule has 0 spiro atoms. The highest BCUT2D eigenvalue weighted by Crippen LogP contribution is 2.00. The van der Waals surface area contributed by atoms with Crippen LogP contribution in [0.1, 0.15) is 34.6 Å². The monoisotopic (exact) mass is 503 g/mol. The van der Waals surface area contributed by atoms with E-state index in [2.05, 4.69) is 0 Å². The van der Waals surface area contributed by atoms with Gasteiger partial charge in [-0.2, -0.15) is 0 Å². The first-order valence-electron chi connectivity index (χ1n) is 11.9. The minimum Gasteiger partial charge on any atom is -0.465 e. The fraction of sp³-hybridized carbons (Fsp3) is 0.783. The Balaban J connectivity index is 5.22. The molecule has 0 bridgehead atoms. The summed E-state index contributed by atoms with van der Waals surface area (Å²) in [5.41, 5.74) is 0. The highest BCUT2D eigenvalue weighted by atomic mass is 16.5. The van der Waals surface area contributed by atoms with E-state index in [1.165, 1.54) is 6.92 Å². The summed E-state index contributed by atoms with van der Waals surface area (Å²) < 4.78 is 19.9. The van der Waals surface area contributed by atoms with Crippen LogP contribution >= 0.6 is 0 Å². The number of Topliss-reactive ketones (excluding diaryl/α,β-unsaturated/α-hetero) is 1. The number of carbonyl (C=O) groups is 5. The fourth-order valence-corrected chi connectivity index (χ4v) is 3.14. The average Bonchev–Trinajstić information content (AvgIpc) is 2.75. The van der Waals surface area contributed by atoms with Crippen LogP contribution in [-0.2, 0) is 42.9 Å². The van der Waals surface area contributed by atoms with E-state index in [0.29, 0.717) is 26.2 Å². The molecule has 0 atom stereocenters. The molecule has 0 aromatic carbocycles. The van der Waals surface area contributed by atoms with Crippen molar-refractivity contribution >= 4 is 29.7 Å². The third-order valence-electron chi connectivity index (χ3n) is 4.54. The Hall–Kier alpha value is -2.57. The number of ether oxygens (including phenoxy) is 4. The fourth-order valence-electron chi connectivity index (χ4n) is 3.14. The van der Waals surface area contributed by atoms with Crippen LogP contribution in [0.25, 0.3) is 0 Å². The largest absolute Gasteiger partial charge is 0.465 e. The summed E-state index contributed by atoms with van der Waals surface area (Å²) in [4.78, 5) is 64.7. The predicted molar refractivity (Wildman–Crippen MR) is 127 cm³/mol. The van der Waals surface area contributed by atoms with Crippen molar-refractivity contribution in [2.75, 3.05) is 85.3 Å². The standard InChI is InChI=1S/C23H41N3O9/c1-6-32-20(28)15-25(16-21(29)33-7-2)12-10-24(14-19(5)27)11-13-26(17-22(30)34-8-3)18-23(31)35-9-4/h6-18H2,1-5H3. The van der Waals surface area contributed by atoms with Crippen LogP contribution in [0.4, 0.5) is 0 Å². The number of nitrogens with zero attached hydrogens (tertiary/aromatic N) is 3. The quantitative estimate of drug-likeness (QED) is 0.160. The van der Waals surface area contributed by atoms with Crippen molar-refractivity contribution < 1.29 is 42.9 Å². The van der Waals surface area contributed by atoms with Gasteiger partial charge in [-0.15, -0.1) is 0 Å². The van der Waals surface area contributed by atoms with Crippen molar-refractivity contribution in [3.05, 3.63) is 0 Å². The lowest BCUT2D eigenvalue weighted by Gasteiger charge is -2.28. The van der Waals surface area contributed by atoms with Crippen LogP contribution in [0, 0.1) is 0 Å². The summed E-state index contributed by atoms with van der Waals surface area (Å²) in [5, 5.41) is 0. The second-order valence-electron chi connectivity index (χ2n) is 7.62. The molecule has 0 unspecified atom stereocenters. The first-order valence-corrected chi connectivity index (χ1v) is 11.9. The van der Waals surface area contributed by atoms with E-state index < -0.39 is 23.9 Å². The van der Waals surface area contributed by atoms with E-state index in [4.69, 9.17) is 18.9 Å². The zero-order valence-electron chi connectivity index (χ0n) is 21.7. The Morgan fingerprint density at radius 3 is 0.943 bits per heavy atom. The summed E-state index contributed by atoms with van der Waals surface area (Å²) in [6.45, 7) is 10.1. The van der Waals surface area contributed by atoms with Gasteiger partial charge in [-0.3, -0.25) is 38.7 Å². The van der Waals surface area contributed by atoms with Crippen molar-refractivity contribution in [3.63, 3.8) is 0 Å². The van der Waals surface area contributed by atoms with E-state index in [-0.39, 0.29) is 64.9 Å². The summed E-state index contributed by atoms with van der Waals surface area (Å²) in [5.74, 6) is -1.94. The Kier molecular flexibility index (Phi) is 18.3. The normalized spacial score (nSPS) is 11.0. The van der Waals surface area contributed by atoms with Gasteiger partial charge in [0.05, 0.1) is 59.2 Å². The van der Waals surface area contributed by atoms with Crippen molar-refractivity contribution in [1.82, 2.24) is 14.7 Å². The van der Waals surface area contributed by atoms with Gasteiger partial charge in [0.15, 0.2) is 0 Å². The van der Waals surface area contributed by atoms with Crippen LogP contribution in [0.5, 0.6) is 0 Å². The average molecular weight is 504 g/mol. The third-order valence-corrected chi connectivity index (χ3v) is 4.54. The predicted octanol–water partition coefficient (Wildman–Crippen LogP) is -0.266. The van der Waals surface area contributed by atoms with Crippen LogP contribution < -0.4 is 0 Å². The van der Waals surface area contributed by atoms with Gasteiger partial charge >= 0.3 is 23.9 Å². The van der Waals surface area contributed by atoms with E-state index >= 15 is 0 Å². The number of hydrogen-bond acceptors (Lipinski definition) is 12. The topological polar surface area (TPSA) is 132 Å². The van der Waals surface area contributed by atoms with Gasteiger partial charge in [-0.1, -0.05) is 0 Å². The molecule has 12 nitrogen and oxygen atoms in total. The molecule has 0 amide bonds. The Morgan fingerprint density at radius 1 is 0.457 bits per heavy atom. The molecule has 0 aliphatic rings. The van der Waals surface area contributed by atoms with Crippen molar-refractivity contribution in [2.45, 2.75) is 34.6 Å². The molecule has 202 valence electrons. The molecule has 0 saturated carbocycles. The zero-order chi connectivity index (χ0) is 26.6. The molecule has 0 rings (SSSR count). The molecular formula is C23H41N3O9. The molecule has 0 heterocycles. The second-order valence-corrected chi connectivity index (χ2v) is 7.62. The van der Waals surface area contributed by atoms with Crippen LogP contribution in [0.2, 0.25) is 0 Å². The van der Waals surface area contributed by atoms with E-state index in [1.54, 1.807) is 37.5 Å². The number of hydrogen-bond donors (Lipinski definition) is 0. The van der Waals surface area contributed by atoms with Gasteiger partial charge < -0.3 is 18.9 Å². The number of esters is 4. The molecule has 0 N–H and O–H groups in total. The van der Waals surface area contributed by atoms with Crippen LogP contribution in [-0.4, -0.2) is 130 Å². The molecule has 0 fully saturated rings. The minimum absolute atomic E-state index is 0.0744. The molecule has 0 saturated heterocycles.